The van der Waals surface area contributed by atoms with Crippen LogP contribution in [0.2, 0.25) is 0 Å². The number of amides is 1. The van der Waals surface area contributed by atoms with E-state index in [1.807, 2.05) is 44.2 Å². The van der Waals surface area contributed by atoms with Crippen LogP contribution in [0.5, 0.6) is 0 Å². The van der Waals surface area contributed by atoms with Crippen LogP contribution in [-0.4, -0.2) is 54.8 Å². The predicted octanol–water partition coefficient (Wildman–Crippen LogP) is 4.02. The first-order valence-electron chi connectivity index (χ1n) is 12.8. The molecule has 0 spiro atoms. The molecule has 0 bridgehead atoms. The van der Waals surface area contributed by atoms with Crippen LogP contribution >= 0.6 is 0 Å². The Morgan fingerprint density at radius 1 is 0.972 bits per heavy atom. The van der Waals surface area contributed by atoms with Gasteiger partial charge in [0.1, 0.15) is 5.78 Å². The largest absolute Gasteiger partial charge is 0.390 e. The smallest absolute Gasteiger partial charge is 0.243 e. The van der Waals surface area contributed by atoms with Crippen molar-refractivity contribution in [2.75, 3.05) is 13.1 Å². The monoisotopic (exact) mass is 516 g/mol. The number of carbonyl (C=O) groups excluding carboxylic acids is 2. The van der Waals surface area contributed by atoms with Gasteiger partial charge in [0.05, 0.1) is 17.0 Å². The van der Waals surface area contributed by atoms with Crippen LogP contribution in [0.25, 0.3) is 0 Å². The Hall–Kier alpha value is -2.55. The van der Waals surface area contributed by atoms with E-state index in [1.165, 1.54) is 4.31 Å². The van der Waals surface area contributed by atoms with Crippen LogP contribution < -0.4 is 5.32 Å². The van der Waals surface area contributed by atoms with Gasteiger partial charge in [-0.3, -0.25) is 9.59 Å². The maximum atomic E-state index is 13.5. The fourth-order valence-electron chi connectivity index (χ4n) is 3.90. The van der Waals surface area contributed by atoms with E-state index in [9.17, 15) is 23.1 Å². The van der Waals surface area contributed by atoms with Gasteiger partial charge in [0, 0.05) is 32.4 Å². The van der Waals surface area contributed by atoms with E-state index in [0.29, 0.717) is 19.3 Å². The van der Waals surface area contributed by atoms with Crippen LogP contribution in [0.1, 0.15) is 63.5 Å². The molecule has 0 unspecified atom stereocenters. The zero-order valence-corrected chi connectivity index (χ0v) is 22.5. The number of aliphatic hydroxyl groups is 1. The summed E-state index contributed by atoms with van der Waals surface area (Å²) >= 11 is 0. The van der Waals surface area contributed by atoms with Gasteiger partial charge in [0.25, 0.3) is 0 Å². The average molecular weight is 517 g/mol. The van der Waals surface area contributed by atoms with Gasteiger partial charge < -0.3 is 10.4 Å². The van der Waals surface area contributed by atoms with Crippen molar-refractivity contribution in [3.8, 4) is 0 Å². The minimum Gasteiger partial charge on any atom is -0.390 e. The first kappa shape index (κ1) is 29.7. The minimum atomic E-state index is -3.84. The Balaban J connectivity index is 2.25. The van der Waals surface area contributed by atoms with Gasteiger partial charge in [0.15, 0.2) is 0 Å². The first-order valence-corrected chi connectivity index (χ1v) is 14.2. The molecule has 0 saturated heterocycles. The lowest BCUT2D eigenvalue weighted by Crippen LogP contribution is -2.50. The van der Waals surface area contributed by atoms with Crippen LogP contribution in [0.15, 0.2) is 59.5 Å². The molecule has 0 fully saturated rings. The van der Waals surface area contributed by atoms with Crippen molar-refractivity contribution in [1.29, 1.82) is 0 Å². The number of rotatable bonds is 16. The second kappa shape index (κ2) is 14.9. The molecule has 1 amide bonds. The average Bonchev–Trinajstić information content (AvgIpc) is 2.87. The number of benzene rings is 2. The third-order valence-corrected chi connectivity index (χ3v) is 8.07. The van der Waals surface area contributed by atoms with Crippen LogP contribution in [0.4, 0.5) is 0 Å². The maximum Gasteiger partial charge on any atom is 0.243 e. The minimum absolute atomic E-state index is 0.00315. The van der Waals surface area contributed by atoms with Crippen LogP contribution in [0, 0.1) is 6.92 Å². The lowest BCUT2D eigenvalue weighted by Gasteiger charge is -2.30. The van der Waals surface area contributed by atoms with Gasteiger partial charge in [-0.2, -0.15) is 4.31 Å². The normalized spacial score (nSPS) is 13.4. The molecule has 0 aromatic heterocycles. The maximum absolute atomic E-state index is 13.5. The van der Waals surface area contributed by atoms with E-state index in [2.05, 4.69) is 5.32 Å². The Morgan fingerprint density at radius 2 is 1.64 bits per heavy atom. The molecule has 0 aliphatic rings. The molecule has 0 aliphatic heterocycles. The molecule has 2 N–H and O–H groups in total. The lowest BCUT2D eigenvalue weighted by molar-refractivity contribution is -0.126. The summed E-state index contributed by atoms with van der Waals surface area (Å²) in [6.45, 7) is 5.82. The Labute approximate surface area is 216 Å². The summed E-state index contributed by atoms with van der Waals surface area (Å²) in [5.74, 6) is -0.340. The fraction of sp³-hybridized carbons (Fsp3) is 0.500. The number of nitrogens with zero attached hydrogens (tertiary/aromatic N) is 1. The number of sulfonamides is 1. The van der Waals surface area contributed by atoms with Gasteiger partial charge >= 0.3 is 0 Å². The molecule has 2 atom stereocenters. The molecule has 2 aromatic carbocycles. The number of ketones is 1. The molecule has 0 saturated carbocycles. The summed E-state index contributed by atoms with van der Waals surface area (Å²) in [5.41, 5.74) is 1.86. The Bertz CT molecular complexity index is 1060. The second-order valence-electron chi connectivity index (χ2n) is 9.21. The molecule has 2 aromatic rings. The number of aliphatic hydroxyl groups excluding tert-OH is 1. The number of aryl methyl sites for hydroxylation is 1. The molecular weight excluding hydrogens is 476 g/mol. The molecule has 0 radical (unpaired) electrons. The van der Waals surface area contributed by atoms with Crippen LogP contribution in [0.3, 0.4) is 0 Å². The van der Waals surface area contributed by atoms with Gasteiger partial charge in [-0.1, -0.05) is 74.7 Å². The van der Waals surface area contributed by atoms with E-state index >= 15 is 0 Å². The number of hydrogen-bond acceptors (Lipinski definition) is 5. The number of nitrogens with one attached hydrogen (secondary N) is 1. The standard InChI is InChI=1S/C28H40N2O5S/c1-4-6-10-19-30(36(34,35)25-16-13-22(3)14-17-25)21-27(32)26(20-23-11-8-7-9-12-23)29-28(33)18-15-24(31)5-2/h7-9,11-14,16-17,26-27,32H,4-6,10,15,18-21H2,1-3H3,(H,29,33)/t26-,27+/m0/s1. The van der Waals surface area contributed by atoms with E-state index in [0.717, 1.165) is 24.0 Å². The van der Waals surface area contributed by atoms with Crippen molar-refractivity contribution in [1.82, 2.24) is 9.62 Å². The topological polar surface area (TPSA) is 104 Å². The summed E-state index contributed by atoms with van der Waals surface area (Å²) in [6.07, 6.45) is 2.21. The van der Waals surface area contributed by atoms with E-state index < -0.39 is 22.2 Å². The van der Waals surface area contributed by atoms with Crippen molar-refractivity contribution in [3.63, 3.8) is 0 Å². The molecule has 36 heavy (non-hydrogen) atoms. The van der Waals surface area contributed by atoms with Crippen molar-refractivity contribution >= 4 is 21.7 Å². The van der Waals surface area contributed by atoms with Gasteiger partial charge in [-0.05, 0) is 37.5 Å². The molecule has 7 nitrogen and oxygen atoms in total. The van der Waals surface area contributed by atoms with Crippen molar-refractivity contribution < 1.29 is 23.1 Å². The van der Waals surface area contributed by atoms with Gasteiger partial charge in [0.2, 0.25) is 15.9 Å². The highest BCUT2D eigenvalue weighted by atomic mass is 32.2. The zero-order chi connectivity index (χ0) is 26.6. The highest BCUT2D eigenvalue weighted by Gasteiger charge is 2.30. The number of Topliss-reactive ketones (excluding diaryl/α,β-unsaturated/α-hetero) is 1. The molecular formula is C28H40N2O5S. The van der Waals surface area contributed by atoms with E-state index in [-0.39, 0.29) is 42.5 Å². The summed E-state index contributed by atoms with van der Waals surface area (Å²) < 4.78 is 28.3. The summed E-state index contributed by atoms with van der Waals surface area (Å²) in [7, 11) is -3.84. The summed E-state index contributed by atoms with van der Waals surface area (Å²) in [4.78, 5) is 24.4. The van der Waals surface area contributed by atoms with Gasteiger partial charge in [-0.15, -0.1) is 0 Å². The third-order valence-electron chi connectivity index (χ3n) is 6.20. The third kappa shape index (κ3) is 9.48. The lowest BCUT2D eigenvalue weighted by atomic mass is 10.0. The van der Waals surface area contributed by atoms with Crippen LogP contribution in [-0.2, 0) is 26.0 Å². The van der Waals surface area contributed by atoms with Gasteiger partial charge in [-0.25, -0.2) is 8.42 Å². The zero-order valence-electron chi connectivity index (χ0n) is 21.7. The first-order chi connectivity index (χ1) is 17.2. The fourth-order valence-corrected chi connectivity index (χ4v) is 5.40. The molecule has 8 heteroatoms. The SMILES string of the molecule is CCCCCN(C[C@@H](O)[C@H](Cc1ccccc1)NC(=O)CCC(=O)CC)S(=O)(=O)c1ccc(C)cc1. The predicted molar refractivity (Wildman–Crippen MR) is 142 cm³/mol. The number of hydrogen-bond donors (Lipinski definition) is 2. The highest BCUT2D eigenvalue weighted by Crippen LogP contribution is 2.19. The molecule has 0 heterocycles. The quantitative estimate of drug-likeness (QED) is 0.328. The van der Waals surface area contributed by atoms with Crippen molar-refractivity contribution in [2.45, 2.75) is 82.8 Å². The number of carbonyl (C=O) groups is 2. The van der Waals surface area contributed by atoms with Crippen molar-refractivity contribution in [3.05, 3.63) is 65.7 Å². The summed E-state index contributed by atoms with van der Waals surface area (Å²) in [6, 6.07) is 15.4. The molecule has 198 valence electrons. The number of unbranched alkanes of at least 4 members (excludes halogenated alkanes) is 2. The van der Waals surface area contributed by atoms with Crippen molar-refractivity contribution in [2.24, 2.45) is 0 Å². The molecule has 0 aliphatic carbocycles. The second-order valence-corrected chi connectivity index (χ2v) is 11.1. The Morgan fingerprint density at radius 3 is 2.25 bits per heavy atom. The molecule has 2 rings (SSSR count). The summed E-state index contributed by atoms with van der Waals surface area (Å²) in [5, 5.41) is 14.1. The highest BCUT2D eigenvalue weighted by molar-refractivity contribution is 7.89. The van der Waals surface area contributed by atoms with E-state index in [4.69, 9.17) is 0 Å². The Kier molecular flexibility index (Phi) is 12.3. The van der Waals surface area contributed by atoms with E-state index in [1.54, 1.807) is 31.2 Å².